The molecule has 7 heteroatoms. The fourth-order valence-corrected chi connectivity index (χ4v) is 3.49. The summed E-state index contributed by atoms with van der Waals surface area (Å²) in [6, 6.07) is 6.57. The van der Waals surface area contributed by atoms with E-state index in [0.717, 1.165) is 44.8 Å². The standard InChI is InChI=1S/C19H26FN3O3/c1-14-13-17(24)23(19(14)25)8-4-7-21-9-11-22(12-10-21)16-6-3-5-15(20)18(16)26-2/h3,5-6,13,24-25H,4,7-12H2,1-2H3. The Morgan fingerprint density at radius 3 is 2.46 bits per heavy atom. The molecule has 1 aliphatic rings. The molecule has 0 bridgehead atoms. The maximum absolute atomic E-state index is 13.9. The summed E-state index contributed by atoms with van der Waals surface area (Å²) in [4.78, 5) is 4.48. The lowest BCUT2D eigenvalue weighted by molar-refractivity contribution is 0.245. The summed E-state index contributed by atoms with van der Waals surface area (Å²) in [5.74, 6) is 0.192. The van der Waals surface area contributed by atoms with Crippen LogP contribution in [0.1, 0.15) is 12.0 Å². The fraction of sp³-hybridized carbons (Fsp3) is 0.474. The van der Waals surface area contributed by atoms with Gasteiger partial charge in [0.05, 0.1) is 12.8 Å². The first-order valence-corrected chi connectivity index (χ1v) is 8.89. The fourth-order valence-electron chi connectivity index (χ4n) is 3.49. The molecule has 0 spiro atoms. The van der Waals surface area contributed by atoms with Crippen LogP contribution in [-0.2, 0) is 6.54 Å². The molecule has 1 aliphatic heterocycles. The van der Waals surface area contributed by atoms with E-state index in [2.05, 4.69) is 9.80 Å². The highest BCUT2D eigenvalue weighted by Crippen LogP contribution is 2.31. The second-order valence-corrected chi connectivity index (χ2v) is 6.64. The van der Waals surface area contributed by atoms with Crippen LogP contribution in [0.4, 0.5) is 10.1 Å². The van der Waals surface area contributed by atoms with Crippen LogP contribution in [0.5, 0.6) is 17.5 Å². The molecule has 2 heterocycles. The van der Waals surface area contributed by atoms with Gasteiger partial charge in [0, 0.05) is 44.4 Å². The summed E-state index contributed by atoms with van der Waals surface area (Å²) in [5.41, 5.74) is 1.48. The van der Waals surface area contributed by atoms with Gasteiger partial charge in [-0.05, 0) is 32.0 Å². The lowest BCUT2D eigenvalue weighted by Gasteiger charge is -2.36. The van der Waals surface area contributed by atoms with E-state index in [1.54, 1.807) is 19.1 Å². The van der Waals surface area contributed by atoms with Crippen molar-refractivity contribution < 1.29 is 19.3 Å². The summed E-state index contributed by atoms with van der Waals surface area (Å²) >= 11 is 0. The molecule has 0 radical (unpaired) electrons. The van der Waals surface area contributed by atoms with Crippen molar-refractivity contribution in [2.75, 3.05) is 44.7 Å². The van der Waals surface area contributed by atoms with Crippen molar-refractivity contribution in [3.05, 3.63) is 35.6 Å². The van der Waals surface area contributed by atoms with Gasteiger partial charge in [-0.2, -0.15) is 0 Å². The Morgan fingerprint density at radius 1 is 1.12 bits per heavy atom. The van der Waals surface area contributed by atoms with Gasteiger partial charge in [0.15, 0.2) is 23.3 Å². The molecule has 0 atom stereocenters. The minimum atomic E-state index is -0.339. The summed E-state index contributed by atoms with van der Waals surface area (Å²) in [7, 11) is 1.49. The molecule has 6 nitrogen and oxygen atoms in total. The number of rotatable bonds is 6. The molecule has 26 heavy (non-hydrogen) atoms. The number of ether oxygens (including phenoxy) is 1. The molecule has 0 amide bonds. The van der Waals surface area contributed by atoms with Crippen LogP contribution in [0.3, 0.4) is 0 Å². The lowest BCUT2D eigenvalue weighted by Crippen LogP contribution is -2.46. The van der Waals surface area contributed by atoms with E-state index in [1.165, 1.54) is 17.7 Å². The number of hydrogen-bond donors (Lipinski definition) is 2. The number of methoxy groups -OCH3 is 1. The molecule has 2 aromatic rings. The molecule has 1 saturated heterocycles. The zero-order valence-electron chi connectivity index (χ0n) is 15.3. The third-order valence-electron chi connectivity index (χ3n) is 4.95. The Hall–Kier alpha value is -2.41. The molecule has 1 aromatic heterocycles. The third kappa shape index (κ3) is 3.72. The average molecular weight is 363 g/mol. The van der Waals surface area contributed by atoms with Crippen molar-refractivity contribution in [3.63, 3.8) is 0 Å². The van der Waals surface area contributed by atoms with Crippen LogP contribution in [-0.4, -0.2) is 59.5 Å². The monoisotopic (exact) mass is 363 g/mol. The van der Waals surface area contributed by atoms with Crippen LogP contribution in [0, 0.1) is 12.7 Å². The molecule has 0 unspecified atom stereocenters. The molecule has 0 aliphatic carbocycles. The number of nitrogens with zero attached hydrogens (tertiary/aromatic N) is 3. The van der Waals surface area contributed by atoms with Gasteiger partial charge in [-0.25, -0.2) is 4.39 Å². The number of piperazine rings is 1. The molecular weight excluding hydrogens is 337 g/mol. The number of benzene rings is 1. The van der Waals surface area contributed by atoms with E-state index in [1.807, 2.05) is 6.07 Å². The summed E-state index contributed by atoms with van der Waals surface area (Å²) in [5, 5.41) is 19.8. The van der Waals surface area contributed by atoms with Gasteiger partial charge in [0.25, 0.3) is 0 Å². The quantitative estimate of drug-likeness (QED) is 0.826. The highest BCUT2D eigenvalue weighted by Gasteiger charge is 2.21. The first-order valence-electron chi connectivity index (χ1n) is 8.89. The largest absolute Gasteiger partial charge is 0.494 e. The first kappa shape index (κ1) is 18.4. The van der Waals surface area contributed by atoms with E-state index < -0.39 is 0 Å². The predicted molar refractivity (Wildman–Crippen MR) is 98.7 cm³/mol. The highest BCUT2D eigenvalue weighted by molar-refractivity contribution is 5.59. The van der Waals surface area contributed by atoms with Gasteiger partial charge in [0.1, 0.15) is 0 Å². The summed E-state index contributed by atoms with van der Waals surface area (Å²) in [6.45, 7) is 6.59. The van der Waals surface area contributed by atoms with E-state index in [0.29, 0.717) is 17.9 Å². The Balaban J connectivity index is 1.51. The molecule has 3 rings (SSSR count). The van der Waals surface area contributed by atoms with Gasteiger partial charge in [-0.3, -0.25) is 9.47 Å². The Labute approximate surface area is 153 Å². The number of aromatic hydroxyl groups is 2. The van der Waals surface area contributed by atoms with Crippen LogP contribution in [0.2, 0.25) is 0 Å². The van der Waals surface area contributed by atoms with Crippen molar-refractivity contribution in [1.29, 1.82) is 0 Å². The number of hydrogen-bond acceptors (Lipinski definition) is 5. The smallest absolute Gasteiger partial charge is 0.196 e. The van der Waals surface area contributed by atoms with Gasteiger partial charge < -0.3 is 19.8 Å². The number of halogens is 1. The maximum atomic E-state index is 13.9. The number of aromatic nitrogens is 1. The van der Waals surface area contributed by atoms with Crippen LogP contribution >= 0.6 is 0 Å². The van der Waals surface area contributed by atoms with Gasteiger partial charge in [-0.1, -0.05) is 6.07 Å². The van der Waals surface area contributed by atoms with E-state index in [9.17, 15) is 14.6 Å². The molecule has 0 saturated carbocycles. The van der Waals surface area contributed by atoms with Crippen molar-refractivity contribution in [1.82, 2.24) is 9.47 Å². The van der Waals surface area contributed by atoms with Gasteiger partial charge in [-0.15, -0.1) is 0 Å². The normalized spacial score (nSPS) is 15.4. The van der Waals surface area contributed by atoms with Crippen molar-refractivity contribution in [2.45, 2.75) is 19.9 Å². The van der Waals surface area contributed by atoms with Gasteiger partial charge in [0.2, 0.25) is 0 Å². The van der Waals surface area contributed by atoms with Crippen LogP contribution in [0.15, 0.2) is 24.3 Å². The topological polar surface area (TPSA) is 61.1 Å². The zero-order chi connectivity index (χ0) is 18.7. The maximum Gasteiger partial charge on any atom is 0.196 e. The number of aryl methyl sites for hydroxylation is 1. The van der Waals surface area contributed by atoms with Crippen molar-refractivity contribution in [2.24, 2.45) is 0 Å². The number of anilines is 1. The second-order valence-electron chi connectivity index (χ2n) is 6.64. The predicted octanol–water partition coefficient (Wildman–Crippen LogP) is 2.57. The molecule has 2 N–H and O–H groups in total. The minimum absolute atomic E-state index is 0.100. The van der Waals surface area contributed by atoms with E-state index in [4.69, 9.17) is 4.74 Å². The lowest BCUT2D eigenvalue weighted by atomic mass is 10.2. The Bertz CT molecular complexity index is 755. The van der Waals surface area contributed by atoms with Gasteiger partial charge >= 0.3 is 0 Å². The van der Waals surface area contributed by atoms with Crippen LogP contribution < -0.4 is 9.64 Å². The van der Waals surface area contributed by atoms with E-state index >= 15 is 0 Å². The Morgan fingerprint density at radius 2 is 1.85 bits per heavy atom. The molecule has 1 fully saturated rings. The third-order valence-corrected chi connectivity index (χ3v) is 4.95. The van der Waals surface area contributed by atoms with E-state index in [-0.39, 0.29) is 17.6 Å². The molecular formula is C19H26FN3O3. The SMILES string of the molecule is COc1c(F)cccc1N1CCN(CCCn2c(O)cc(C)c2O)CC1. The molecule has 1 aromatic carbocycles. The summed E-state index contributed by atoms with van der Waals surface area (Å²) in [6.07, 6.45) is 0.832. The average Bonchev–Trinajstić information content (AvgIpc) is 2.88. The van der Waals surface area contributed by atoms with Crippen molar-refractivity contribution in [3.8, 4) is 17.5 Å². The molecule has 142 valence electrons. The minimum Gasteiger partial charge on any atom is -0.494 e. The first-order chi connectivity index (χ1) is 12.5. The highest BCUT2D eigenvalue weighted by atomic mass is 19.1. The van der Waals surface area contributed by atoms with Crippen molar-refractivity contribution >= 4 is 5.69 Å². The van der Waals surface area contributed by atoms with Crippen LogP contribution in [0.25, 0.3) is 0 Å². The summed E-state index contributed by atoms with van der Waals surface area (Å²) < 4.78 is 20.6. The Kier molecular flexibility index (Phi) is 5.56. The number of para-hydroxylation sites is 1. The second kappa shape index (κ2) is 7.86. The zero-order valence-corrected chi connectivity index (χ0v) is 15.3.